The summed E-state index contributed by atoms with van der Waals surface area (Å²) in [7, 11) is 0. The highest BCUT2D eigenvalue weighted by molar-refractivity contribution is 5.78. The normalized spacial score (nSPS) is 10.9. The lowest BCUT2D eigenvalue weighted by Gasteiger charge is -2.08. The van der Waals surface area contributed by atoms with Crippen LogP contribution in [0.3, 0.4) is 0 Å². The van der Waals surface area contributed by atoms with Gasteiger partial charge in [0.25, 0.3) is 0 Å². The number of hydrogen-bond acceptors (Lipinski definition) is 3. The average molecular weight is 285 g/mol. The summed E-state index contributed by atoms with van der Waals surface area (Å²) in [5.41, 5.74) is 6.89. The molecule has 0 fully saturated rings. The molecule has 2 N–H and O–H groups in total. The van der Waals surface area contributed by atoms with E-state index in [4.69, 9.17) is 10.5 Å². The van der Waals surface area contributed by atoms with Crippen LogP contribution in [0.25, 0.3) is 11.0 Å². The predicted octanol–water partition coefficient (Wildman–Crippen LogP) is 3.23. The third kappa shape index (κ3) is 2.81. The molecule has 108 valence electrons. The summed E-state index contributed by atoms with van der Waals surface area (Å²) in [5, 5.41) is 0. The van der Waals surface area contributed by atoms with Crippen LogP contribution >= 0.6 is 0 Å². The van der Waals surface area contributed by atoms with Gasteiger partial charge in [-0.15, -0.1) is 0 Å². The lowest BCUT2D eigenvalue weighted by Crippen LogP contribution is -2.07. The van der Waals surface area contributed by atoms with Crippen LogP contribution in [-0.2, 0) is 6.54 Å². The van der Waals surface area contributed by atoms with Crippen LogP contribution in [0.4, 0.5) is 10.3 Å². The van der Waals surface area contributed by atoms with E-state index in [1.807, 2.05) is 41.0 Å². The number of fused-ring (bicyclic) bond motifs is 1. The Balaban J connectivity index is 1.66. The van der Waals surface area contributed by atoms with Gasteiger partial charge in [0, 0.05) is 6.54 Å². The van der Waals surface area contributed by atoms with Gasteiger partial charge in [0.2, 0.25) is 5.95 Å². The lowest BCUT2D eigenvalue weighted by atomic mass is 10.3. The maximum Gasteiger partial charge on any atom is 0.201 e. The fraction of sp³-hybridized carbons (Fsp3) is 0.188. The Morgan fingerprint density at radius 3 is 2.71 bits per heavy atom. The molecule has 0 amide bonds. The standard InChI is InChI=1S/C16H16FN3O/c17-13-8-4-9-14-15(13)19-16(18)20(14)10-5-11-21-12-6-2-1-3-7-12/h1-4,6-9H,5,10-11H2,(H2,18,19). The lowest BCUT2D eigenvalue weighted by molar-refractivity contribution is 0.303. The van der Waals surface area contributed by atoms with Crippen molar-refractivity contribution in [1.82, 2.24) is 9.55 Å². The molecular weight excluding hydrogens is 269 g/mol. The molecule has 0 saturated carbocycles. The number of aryl methyl sites for hydroxylation is 1. The Labute approximate surface area is 122 Å². The molecule has 3 rings (SSSR count). The molecule has 0 radical (unpaired) electrons. The number of nitrogens with two attached hydrogens (primary N) is 1. The Morgan fingerprint density at radius 1 is 1.10 bits per heavy atom. The first-order valence-corrected chi connectivity index (χ1v) is 6.84. The zero-order valence-corrected chi connectivity index (χ0v) is 11.5. The molecule has 0 atom stereocenters. The number of nitrogens with zero attached hydrogens (tertiary/aromatic N) is 2. The van der Waals surface area contributed by atoms with Crippen molar-refractivity contribution in [2.75, 3.05) is 12.3 Å². The van der Waals surface area contributed by atoms with Gasteiger partial charge in [-0.3, -0.25) is 0 Å². The number of para-hydroxylation sites is 2. The number of rotatable bonds is 5. The third-order valence-electron chi connectivity index (χ3n) is 3.30. The fourth-order valence-electron chi connectivity index (χ4n) is 2.30. The Hall–Kier alpha value is -2.56. The third-order valence-corrected chi connectivity index (χ3v) is 3.30. The molecule has 0 saturated heterocycles. The molecule has 0 aliphatic heterocycles. The zero-order valence-electron chi connectivity index (χ0n) is 11.5. The van der Waals surface area contributed by atoms with E-state index in [9.17, 15) is 4.39 Å². The van der Waals surface area contributed by atoms with Crippen molar-refractivity contribution < 1.29 is 9.13 Å². The molecule has 0 aliphatic rings. The van der Waals surface area contributed by atoms with Crippen LogP contribution in [0, 0.1) is 5.82 Å². The second kappa shape index (κ2) is 5.83. The van der Waals surface area contributed by atoms with Crippen LogP contribution in [-0.4, -0.2) is 16.2 Å². The number of benzene rings is 2. The van der Waals surface area contributed by atoms with Crippen molar-refractivity contribution in [2.24, 2.45) is 0 Å². The molecule has 5 heteroatoms. The minimum absolute atomic E-state index is 0.318. The highest BCUT2D eigenvalue weighted by Gasteiger charge is 2.10. The molecule has 1 heterocycles. The summed E-state index contributed by atoms with van der Waals surface area (Å²) < 4.78 is 21.1. The van der Waals surface area contributed by atoms with E-state index >= 15 is 0 Å². The first kappa shape index (κ1) is 13.4. The molecular formula is C16H16FN3O. The van der Waals surface area contributed by atoms with Gasteiger partial charge in [-0.1, -0.05) is 24.3 Å². The number of nitrogen functional groups attached to an aromatic ring is 1. The van der Waals surface area contributed by atoms with Gasteiger partial charge in [0.1, 0.15) is 11.3 Å². The largest absolute Gasteiger partial charge is 0.494 e. The quantitative estimate of drug-likeness (QED) is 0.732. The van der Waals surface area contributed by atoms with Gasteiger partial charge < -0.3 is 15.0 Å². The number of hydrogen-bond donors (Lipinski definition) is 1. The Kier molecular flexibility index (Phi) is 3.73. The van der Waals surface area contributed by atoms with Crippen molar-refractivity contribution in [3.05, 3.63) is 54.3 Å². The van der Waals surface area contributed by atoms with Crippen LogP contribution in [0.15, 0.2) is 48.5 Å². The number of aromatic nitrogens is 2. The predicted molar refractivity (Wildman–Crippen MR) is 80.7 cm³/mol. The summed E-state index contributed by atoms with van der Waals surface area (Å²) >= 11 is 0. The van der Waals surface area contributed by atoms with Gasteiger partial charge >= 0.3 is 0 Å². The minimum Gasteiger partial charge on any atom is -0.494 e. The smallest absolute Gasteiger partial charge is 0.201 e. The summed E-state index contributed by atoms with van der Waals surface area (Å²) in [4.78, 5) is 4.07. The number of halogens is 1. The monoisotopic (exact) mass is 285 g/mol. The van der Waals surface area contributed by atoms with Gasteiger partial charge in [-0.05, 0) is 30.7 Å². The maximum absolute atomic E-state index is 13.6. The second-order valence-corrected chi connectivity index (χ2v) is 4.74. The van der Waals surface area contributed by atoms with Crippen LogP contribution in [0.1, 0.15) is 6.42 Å². The highest BCUT2D eigenvalue weighted by atomic mass is 19.1. The molecule has 0 aliphatic carbocycles. The highest BCUT2D eigenvalue weighted by Crippen LogP contribution is 2.20. The summed E-state index contributed by atoms with van der Waals surface area (Å²) in [5.74, 6) is 0.820. The molecule has 21 heavy (non-hydrogen) atoms. The van der Waals surface area contributed by atoms with Gasteiger partial charge in [-0.25, -0.2) is 9.37 Å². The van der Waals surface area contributed by atoms with Gasteiger partial charge in [0.05, 0.1) is 12.1 Å². The van der Waals surface area contributed by atoms with E-state index in [-0.39, 0.29) is 5.82 Å². The van der Waals surface area contributed by atoms with E-state index < -0.39 is 0 Å². The van der Waals surface area contributed by atoms with Gasteiger partial charge in [0.15, 0.2) is 5.82 Å². The molecule has 0 spiro atoms. The minimum atomic E-state index is -0.349. The van der Waals surface area contributed by atoms with E-state index in [2.05, 4.69) is 4.98 Å². The molecule has 1 aromatic heterocycles. The molecule has 3 aromatic rings. The van der Waals surface area contributed by atoms with Crippen LogP contribution in [0.2, 0.25) is 0 Å². The van der Waals surface area contributed by atoms with Gasteiger partial charge in [-0.2, -0.15) is 0 Å². The van der Waals surface area contributed by atoms with E-state index in [0.717, 1.165) is 12.2 Å². The number of anilines is 1. The van der Waals surface area contributed by atoms with Crippen molar-refractivity contribution in [3.63, 3.8) is 0 Å². The van der Waals surface area contributed by atoms with Crippen LogP contribution in [0.5, 0.6) is 5.75 Å². The first-order chi connectivity index (χ1) is 10.3. The first-order valence-electron chi connectivity index (χ1n) is 6.84. The number of ether oxygens (including phenoxy) is 1. The molecule has 0 unspecified atom stereocenters. The Bertz CT molecular complexity index is 740. The van der Waals surface area contributed by atoms with E-state index in [1.54, 1.807) is 6.07 Å². The summed E-state index contributed by atoms with van der Waals surface area (Å²) in [6, 6.07) is 14.5. The average Bonchev–Trinajstić information content (AvgIpc) is 2.82. The summed E-state index contributed by atoms with van der Waals surface area (Å²) in [6.45, 7) is 1.21. The zero-order chi connectivity index (χ0) is 14.7. The maximum atomic E-state index is 13.6. The topological polar surface area (TPSA) is 53.1 Å². The fourth-order valence-corrected chi connectivity index (χ4v) is 2.30. The number of imidazole rings is 1. The molecule has 0 bridgehead atoms. The van der Waals surface area contributed by atoms with E-state index in [0.29, 0.717) is 30.1 Å². The van der Waals surface area contributed by atoms with Crippen molar-refractivity contribution >= 4 is 17.0 Å². The SMILES string of the molecule is Nc1nc2c(F)cccc2n1CCCOc1ccccc1. The van der Waals surface area contributed by atoms with Crippen molar-refractivity contribution in [2.45, 2.75) is 13.0 Å². The summed E-state index contributed by atoms with van der Waals surface area (Å²) in [6.07, 6.45) is 0.765. The van der Waals surface area contributed by atoms with Crippen molar-refractivity contribution in [3.8, 4) is 5.75 Å². The van der Waals surface area contributed by atoms with Crippen molar-refractivity contribution in [1.29, 1.82) is 0 Å². The van der Waals surface area contributed by atoms with Crippen LogP contribution < -0.4 is 10.5 Å². The second-order valence-electron chi connectivity index (χ2n) is 4.74. The molecule has 4 nitrogen and oxygen atoms in total. The molecule has 2 aromatic carbocycles. The Morgan fingerprint density at radius 2 is 1.90 bits per heavy atom. The van der Waals surface area contributed by atoms with E-state index in [1.165, 1.54) is 6.07 Å².